The third kappa shape index (κ3) is 13.0. The van der Waals surface area contributed by atoms with Crippen molar-refractivity contribution in [3.63, 3.8) is 0 Å². The highest BCUT2D eigenvalue weighted by molar-refractivity contribution is 7.46. The van der Waals surface area contributed by atoms with Crippen LogP contribution in [0.25, 0.3) is 0 Å². The number of amides is 1. The largest absolute Gasteiger partial charge is 0.469 e. The summed E-state index contributed by atoms with van der Waals surface area (Å²) in [6, 6.07) is 0. The summed E-state index contributed by atoms with van der Waals surface area (Å²) >= 11 is 0. The standard InChI is InChI=1S/C23H44NO5P.H3N/c1-2-3-4-5-7-10-13-20-18-21(20)14-11-8-6-9-12-15-23(25)24-17-16-22(19-24)29-30(26,27)28;/h20-22H,2-19H2,1H3,(H2,26,27,28);1H3. The van der Waals surface area contributed by atoms with Gasteiger partial charge in [0.05, 0.1) is 6.10 Å². The second kappa shape index (κ2) is 15.4. The van der Waals surface area contributed by atoms with Crippen LogP contribution in [0, 0.1) is 11.8 Å². The minimum atomic E-state index is -4.46. The Morgan fingerprint density at radius 3 is 2.06 bits per heavy atom. The highest BCUT2D eigenvalue weighted by Gasteiger charge is 2.35. The molecule has 7 nitrogen and oxygen atoms in total. The van der Waals surface area contributed by atoms with Crippen molar-refractivity contribution in [1.82, 2.24) is 11.1 Å². The normalized spacial score (nSPS) is 23.1. The van der Waals surface area contributed by atoms with Gasteiger partial charge in [0, 0.05) is 19.5 Å². The van der Waals surface area contributed by atoms with E-state index in [1.165, 1.54) is 77.0 Å². The van der Waals surface area contributed by atoms with Crippen LogP contribution in [0.4, 0.5) is 0 Å². The van der Waals surface area contributed by atoms with Crippen LogP contribution in [-0.2, 0) is 13.9 Å². The smallest absolute Gasteiger partial charge is 0.344 e. The molecule has 8 heteroatoms. The molecule has 0 bridgehead atoms. The van der Waals surface area contributed by atoms with Gasteiger partial charge in [-0.3, -0.25) is 9.32 Å². The van der Waals surface area contributed by atoms with Crippen molar-refractivity contribution >= 4 is 13.7 Å². The molecule has 2 aliphatic rings. The summed E-state index contributed by atoms with van der Waals surface area (Å²) in [7, 11) is -4.46. The Morgan fingerprint density at radius 1 is 0.935 bits per heavy atom. The van der Waals surface area contributed by atoms with Crippen LogP contribution in [0.2, 0.25) is 0 Å². The lowest BCUT2D eigenvalue weighted by molar-refractivity contribution is -0.130. The second-order valence-electron chi connectivity index (χ2n) is 9.47. The van der Waals surface area contributed by atoms with Crippen molar-refractivity contribution in [2.75, 3.05) is 13.1 Å². The lowest BCUT2D eigenvalue weighted by Crippen LogP contribution is -2.29. The van der Waals surface area contributed by atoms with Gasteiger partial charge in [0.1, 0.15) is 0 Å². The molecule has 0 aromatic rings. The van der Waals surface area contributed by atoms with Gasteiger partial charge in [-0.15, -0.1) is 0 Å². The van der Waals surface area contributed by atoms with Crippen LogP contribution in [0.5, 0.6) is 0 Å². The predicted molar refractivity (Wildman–Crippen MR) is 125 cm³/mol. The number of likely N-dealkylation sites (tertiary alicyclic amines) is 1. The van der Waals surface area contributed by atoms with Crippen molar-refractivity contribution in [3.8, 4) is 0 Å². The summed E-state index contributed by atoms with van der Waals surface area (Å²) in [6.07, 6.45) is 19.0. The summed E-state index contributed by atoms with van der Waals surface area (Å²) in [5.41, 5.74) is 0. The lowest BCUT2D eigenvalue weighted by Gasteiger charge is -2.16. The molecule has 3 atom stereocenters. The van der Waals surface area contributed by atoms with Crippen molar-refractivity contribution in [1.29, 1.82) is 0 Å². The van der Waals surface area contributed by atoms with E-state index in [4.69, 9.17) is 14.3 Å². The Hall–Kier alpha value is -0.460. The van der Waals surface area contributed by atoms with Gasteiger partial charge in [0.2, 0.25) is 5.91 Å². The minimum absolute atomic E-state index is 0. The number of carbonyl (C=O) groups is 1. The topological polar surface area (TPSA) is 122 Å². The number of nitrogens with zero attached hydrogens (tertiary/aromatic N) is 1. The molecule has 1 saturated heterocycles. The Labute approximate surface area is 189 Å². The summed E-state index contributed by atoms with van der Waals surface area (Å²) in [4.78, 5) is 31.6. The van der Waals surface area contributed by atoms with E-state index in [-0.39, 0.29) is 12.1 Å². The van der Waals surface area contributed by atoms with E-state index in [9.17, 15) is 9.36 Å². The van der Waals surface area contributed by atoms with Crippen LogP contribution in [0.3, 0.4) is 0 Å². The monoisotopic (exact) mass is 462 g/mol. The van der Waals surface area contributed by atoms with Crippen molar-refractivity contribution in [3.05, 3.63) is 0 Å². The molecule has 1 aliphatic heterocycles. The van der Waals surface area contributed by atoms with E-state index in [1.54, 1.807) is 4.90 Å². The fourth-order valence-corrected chi connectivity index (χ4v) is 5.37. The first-order valence-corrected chi connectivity index (χ1v) is 13.9. The van der Waals surface area contributed by atoms with Crippen LogP contribution in [0.15, 0.2) is 0 Å². The highest BCUT2D eigenvalue weighted by Crippen LogP contribution is 2.45. The number of carbonyl (C=O) groups excluding carboxylic acids is 1. The number of unbranched alkanes of at least 4 members (excludes halogenated alkanes) is 9. The van der Waals surface area contributed by atoms with Crippen molar-refractivity contribution in [2.45, 2.75) is 116 Å². The highest BCUT2D eigenvalue weighted by atomic mass is 31.2. The van der Waals surface area contributed by atoms with Gasteiger partial charge in [0.25, 0.3) is 0 Å². The van der Waals surface area contributed by atoms with E-state index < -0.39 is 13.9 Å². The Bertz CT molecular complexity index is 542. The van der Waals surface area contributed by atoms with Crippen molar-refractivity contribution in [2.24, 2.45) is 11.8 Å². The van der Waals surface area contributed by atoms with E-state index >= 15 is 0 Å². The molecule has 0 spiro atoms. The quantitative estimate of drug-likeness (QED) is 0.181. The molecule has 1 aliphatic carbocycles. The molecule has 1 saturated carbocycles. The zero-order valence-corrected chi connectivity index (χ0v) is 20.6. The number of hydrogen-bond acceptors (Lipinski definition) is 4. The van der Waals surface area contributed by atoms with Gasteiger partial charge in [0.15, 0.2) is 0 Å². The number of phosphoric ester groups is 1. The van der Waals surface area contributed by atoms with E-state index in [1.807, 2.05) is 0 Å². The third-order valence-electron chi connectivity index (χ3n) is 6.75. The Kier molecular flexibility index (Phi) is 14.2. The van der Waals surface area contributed by atoms with Crippen LogP contribution >= 0.6 is 7.82 Å². The van der Waals surface area contributed by atoms with Gasteiger partial charge in [-0.05, 0) is 31.1 Å². The molecule has 0 aromatic carbocycles. The summed E-state index contributed by atoms with van der Waals surface area (Å²) in [5.74, 6) is 2.11. The van der Waals surface area contributed by atoms with E-state index in [0.29, 0.717) is 25.9 Å². The van der Waals surface area contributed by atoms with Gasteiger partial charge in [-0.25, -0.2) is 4.57 Å². The fraction of sp³-hybridized carbons (Fsp3) is 0.957. The van der Waals surface area contributed by atoms with Gasteiger partial charge < -0.3 is 20.8 Å². The molecule has 1 amide bonds. The van der Waals surface area contributed by atoms with Gasteiger partial charge in [-0.1, -0.05) is 84.0 Å². The first-order chi connectivity index (χ1) is 14.4. The average Bonchev–Trinajstić information content (AvgIpc) is 3.27. The second-order valence-corrected chi connectivity index (χ2v) is 10.7. The summed E-state index contributed by atoms with van der Waals surface area (Å²) < 4.78 is 15.6. The molecule has 1 heterocycles. The van der Waals surface area contributed by atoms with E-state index in [0.717, 1.165) is 24.7 Å². The molecule has 184 valence electrons. The molecular formula is C23H47N2O5P. The van der Waals surface area contributed by atoms with Crippen molar-refractivity contribution < 1.29 is 23.7 Å². The molecule has 2 rings (SSSR count). The van der Waals surface area contributed by atoms with E-state index in [2.05, 4.69) is 6.92 Å². The molecular weight excluding hydrogens is 415 g/mol. The zero-order chi connectivity index (χ0) is 21.8. The Morgan fingerprint density at radius 2 is 1.48 bits per heavy atom. The van der Waals surface area contributed by atoms with Gasteiger partial charge >= 0.3 is 7.82 Å². The molecule has 5 N–H and O–H groups in total. The molecule has 3 unspecified atom stereocenters. The predicted octanol–water partition coefficient (Wildman–Crippen LogP) is 5.98. The first-order valence-electron chi connectivity index (χ1n) is 12.4. The lowest BCUT2D eigenvalue weighted by atomic mass is 10.0. The molecule has 0 radical (unpaired) electrons. The maximum atomic E-state index is 12.2. The fourth-order valence-electron chi connectivity index (χ4n) is 4.81. The number of hydrogen-bond donors (Lipinski definition) is 3. The SMILES string of the molecule is CCCCCCCCC1CC1CCCCCCCC(=O)N1CCC(OP(=O)(O)O)C1.N. The first kappa shape index (κ1) is 28.6. The van der Waals surface area contributed by atoms with Crippen LogP contribution in [-0.4, -0.2) is 39.8 Å². The Balaban J connectivity index is 0.00000480. The number of rotatable bonds is 17. The van der Waals surface area contributed by atoms with Crippen LogP contribution < -0.4 is 6.15 Å². The summed E-state index contributed by atoms with van der Waals surface area (Å²) in [5, 5.41) is 0. The van der Waals surface area contributed by atoms with Gasteiger partial charge in [-0.2, -0.15) is 0 Å². The maximum Gasteiger partial charge on any atom is 0.469 e. The number of phosphoric acid groups is 1. The summed E-state index contributed by atoms with van der Waals surface area (Å²) in [6.45, 7) is 3.10. The van der Waals surface area contributed by atoms with Crippen LogP contribution in [0.1, 0.15) is 110 Å². The zero-order valence-electron chi connectivity index (χ0n) is 19.7. The minimum Gasteiger partial charge on any atom is -0.344 e. The molecule has 2 fully saturated rings. The average molecular weight is 463 g/mol. The third-order valence-corrected chi connectivity index (χ3v) is 7.32. The molecule has 0 aromatic heterocycles. The molecule has 31 heavy (non-hydrogen) atoms. The maximum absolute atomic E-state index is 12.2.